The van der Waals surface area contributed by atoms with Gasteiger partial charge in [0.05, 0.1) is 7.11 Å². The van der Waals surface area contributed by atoms with E-state index in [0.717, 1.165) is 28.0 Å². The summed E-state index contributed by atoms with van der Waals surface area (Å²) in [6.45, 7) is 2.17. The zero-order valence-corrected chi connectivity index (χ0v) is 22.4. The van der Waals surface area contributed by atoms with Crippen molar-refractivity contribution in [3.05, 3.63) is 88.8 Å². The molecule has 10 heteroatoms. The number of halogens is 6. The Kier molecular flexibility index (Phi) is 7.40. The van der Waals surface area contributed by atoms with Crippen molar-refractivity contribution in [3.63, 3.8) is 0 Å². The molecule has 176 valence electrons. The molecule has 1 aliphatic carbocycles. The number of rotatable bonds is 4. The van der Waals surface area contributed by atoms with E-state index in [1.165, 1.54) is 5.56 Å². The number of benzene rings is 2. The molecule has 0 fully saturated rings. The zero-order chi connectivity index (χ0) is 24.7. The molecule has 1 heterocycles. The Bertz CT molecular complexity index is 1240. The van der Waals surface area contributed by atoms with E-state index in [1.54, 1.807) is 13.2 Å². The number of nitrogens with zero attached hydrogens (tertiary/aromatic N) is 3. The van der Waals surface area contributed by atoms with Gasteiger partial charge in [-0.2, -0.15) is 0 Å². The van der Waals surface area contributed by atoms with Crippen LogP contribution in [0.4, 0.5) is 0 Å². The first kappa shape index (κ1) is 25.6. The lowest BCUT2D eigenvalue weighted by molar-refractivity contribution is 0.415. The van der Waals surface area contributed by atoms with Crippen molar-refractivity contribution in [3.8, 4) is 5.75 Å². The van der Waals surface area contributed by atoms with Crippen LogP contribution in [0.3, 0.4) is 0 Å². The fourth-order valence-corrected chi connectivity index (χ4v) is 4.39. The lowest BCUT2D eigenvalue weighted by Crippen LogP contribution is -2.17. The second-order valence-electron chi connectivity index (χ2n) is 7.53. The van der Waals surface area contributed by atoms with Crippen LogP contribution < -0.4 is 4.74 Å². The van der Waals surface area contributed by atoms with E-state index in [2.05, 4.69) is 34.0 Å². The number of aromatic nitrogens is 3. The number of methoxy groups -OCH3 is 1. The number of allylic oxidation sites excluding steroid dienone is 3. The van der Waals surface area contributed by atoms with Crippen molar-refractivity contribution >= 4 is 86.8 Å². The first-order valence-electron chi connectivity index (χ1n) is 10.1. The van der Waals surface area contributed by atoms with Gasteiger partial charge in [0.1, 0.15) is 5.75 Å². The van der Waals surface area contributed by atoms with Crippen LogP contribution in [0.2, 0.25) is 0 Å². The molecule has 34 heavy (non-hydrogen) atoms. The normalized spacial score (nSPS) is 16.3. The van der Waals surface area contributed by atoms with Gasteiger partial charge < -0.3 is 4.74 Å². The highest BCUT2D eigenvalue weighted by atomic mass is 35.6. The van der Waals surface area contributed by atoms with Crippen LogP contribution in [0.1, 0.15) is 47.0 Å². The van der Waals surface area contributed by atoms with Crippen LogP contribution in [0.25, 0.3) is 17.2 Å². The third kappa shape index (κ3) is 5.33. The Balaban J connectivity index is 1.85. The Morgan fingerprint density at radius 2 is 1.38 bits per heavy atom. The van der Waals surface area contributed by atoms with Gasteiger partial charge in [0.2, 0.25) is 7.59 Å². The summed E-state index contributed by atoms with van der Waals surface area (Å²) in [5, 5.41) is 0. The molecule has 0 amide bonds. The third-order valence-corrected chi connectivity index (χ3v) is 6.41. The van der Waals surface area contributed by atoms with Gasteiger partial charge in [0.25, 0.3) is 0 Å². The minimum absolute atomic E-state index is 0.141. The fourth-order valence-electron chi connectivity index (χ4n) is 3.89. The molecule has 1 aromatic heterocycles. The summed E-state index contributed by atoms with van der Waals surface area (Å²) in [5.74, 6) is 0.858. The molecule has 0 spiro atoms. The lowest BCUT2D eigenvalue weighted by atomic mass is 9.92. The summed E-state index contributed by atoms with van der Waals surface area (Å²) in [5.41, 5.74) is 5.56. The Morgan fingerprint density at radius 1 is 0.794 bits per heavy atom. The molecule has 4 nitrogen and oxygen atoms in total. The highest BCUT2D eigenvalue weighted by Crippen LogP contribution is 2.47. The highest BCUT2D eigenvalue weighted by Gasteiger charge is 2.34. The summed E-state index contributed by atoms with van der Waals surface area (Å²) in [6.07, 6.45) is 3.61. The largest absolute Gasteiger partial charge is 0.497 e. The van der Waals surface area contributed by atoms with E-state index < -0.39 is 7.59 Å². The molecule has 1 unspecified atom stereocenters. The number of hydrogen-bond donors (Lipinski definition) is 0. The topological polar surface area (TPSA) is 47.9 Å². The molecule has 4 rings (SSSR count). The van der Waals surface area contributed by atoms with Crippen LogP contribution >= 0.6 is 69.6 Å². The van der Waals surface area contributed by atoms with Crippen LogP contribution in [0, 0.1) is 0 Å². The molecule has 0 bridgehead atoms. The number of fused-ring (bicyclic) bond motifs is 1. The molecule has 3 aromatic rings. The van der Waals surface area contributed by atoms with Crippen LogP contribution in [-0.2, 0) is 7.59 Å². The summed E-state index contributed by atoms with van der Waals surface area (Å²) in [4.78, 5) is 12.5. The summed E-state index contributed by atoms with van der Waals surface area (Å²) in [7, 11) is 1.64. The minimum atomic E-state index is -1.92. The van der Waals surface area contributed by atoms with Crippen molar-refractivity contribution in [2.45, 2.75) is 20.4 Å². The Morgan fingerprint density at radius 3 is 1.94 bits per heavy atom. The van der Waals surface area contributed by atoms with E-state index in [9.17, 15) is 0 Å². The molecule has 0 N–H and O–H groups in total. The maximum atomic E-state index is 6.00. The van der Waals surface area contributed by atoms with Crippen molar-refractivity contribution in [1.29, 1.82) is 0 Å². The maximum Gasteiger partial charge on any atom is 0.250 e. The van der Waals surface area contributed by atoms with E-state index in [-0.39, 0.29) is 23.4 Å². The van der Waals surface area contributed by atoms with Crippen molar-refractivity contribution in [1.82, 2.24) is 15.0 Å². The number of hydrogen-bond acceptors (Lipinski definition) is 4. The minimum Gasteiger partial charge on any atom is -0.497 e. The van der Waals surface area contributed by atoms with E-state index in [1.807, 2.05) is 42.5 Å². The molecule has 1 aliphatic rings. The average molecular weight is 576 g/mol. The van der Waals surface area contributed by atoms with Crippen molar-refractivity contribution in [2.24, 2.45) is 0 Å². The van der Waals surface area contributed by atoms with Gasteiger partial charge in [-0.25, -0.2) is 15.0 Å². The predicted molar refractivity (Wildman–Crippen MR) is 142 cm³/mol. The molecule has 0 aliphatic heterocycles. The summed E-state index contributed by atoms with van der Waals surface area (Å²) >= 11 is 36.0. The quantitative estimate of drug-likeness (QED) is 0.294. The van der Waals surface area contributed by atoms with Gasteiger partial charge in [-0.15, -0.1) is 0 Å². The molecule has 1 atom stereocenters. The van der Waals surface area contributed by atoms with E-state index in [4.69, 9.17) is 74.3 Å². The van der Waals surface area contributed by atoms with E-state index >= 15 is 0 Å². The predicted octanol–water partition coefficient (Wildman–Crippen LogP) is 8.27. The molecular formula is C24H17Cl6N3O. The fraction of sp³-hybridized carbons (Fsp3) is 0.208. The first-order valence-corrected chi connectivity index (χ1v) is 12.3. The summed E-state index contributed by atoms with van der Waals surface area (Å²) < 4.78 is 1.48. The monoisotopic (exact) mass is 573 g/mol. The molecular weight excluding hydrogens is 559 g/mol. The van der Waals surface area contributed by atoms with Gasteiger partial charge in [0.15, 0.2) is 17.5 Å². The second-order valence-corrected chi connectivity index (χ2v) is 12.1. The number of alkyl halides is 6. The van der Waals surface area contributed by atoms with Crippen LogP contribution in [-0.4, -0.2) is 22.1 Å². The number of ether oxygens (including phenoxy) is 1. The molecule has 0 saturated heterocycles. The van der Waals surface area contributed by atoms with Gasteiger partial charge in [-0.1, -0.05) is 119 Å². The van der Waals surface area contributed by atoms with Crippen molar-refractivity contribution in [2.75, 3.05) is 7.11 Å². The van der Waals surface area contributed by atoms with Gasteiger partial charge in [-0.05, 0) is 46.0 Å². The standard InChI is InChI=1S/C24H17Cl6N3O/c1-13-16-5-3-4-6-17(16)18(20(13)14-7-9-15(34-2)10-8-14)11-12-19-31-21(23(25,26)27)33-22(32-19)24(28,29)30/h3-13H,1-2H3. The lowest BCUT2D eigenvalue weighted by Gasteiger charge is -2.14. The Labute approximate surface area is 227 Å². The van der Waals surface area contributed by atoms with Gasteiger partial charge in [-0.3, -0.25) is 0 Å². The van der Waals surface area contributed by atoms with E-state index in [0.29, 0.717) is 0 Å². The summed E-state index contributed by atoms with van der Waals surface area (Å²) in [6, 6.07) is 16.2. The van der Waals surface area contributed by atoms with Gasteiger partial charge >= 0.3 is 0 Å². The zero-order valence-electron chi connectivity index (χ0n) is 17.9. The SMILES string of the molecule is COc1ccc(C2=C(C=Cc3nc(C(Cl)(Cl)Cl)nc(C(Cl)(Cl)Cl)n3)c3ccccc3C2C)cc1. The molecule has 2 aromatic carbocycles. The molecule has 0 radical (unpaired) electrons. The first-order chi connectivity index (χ1) is 16.0. The van der Waals surface area contributed by atoms with Crippen molar-refractivity contribution < 1.29 is 4.74 Å². The Hall–Kier alpha value is -1.53. The highest BCUT2D eigenvalue weighted by molar-refractivity contribution is 6.67. The smallest absolute Gasteiger partial charge is 0.250 e. The average Bonchev–Trinajstić information content (AvgIpc) is 3.08. The van der Waals surface area contributed by atoms with Crippen LogP contribution in [0.15, 0.2) is 54.6 Å². The third-order valence-electron chi connectivity index (χ3n) is 5.40. The second kappa shape index (κ2) is 9.85. The van der Waals surface area contributed by atoms with Crippen LogP contribution in [0.5, 0.6) is 5.75 Å². The maximum absolute atomic E-state index is 6.00. The molecule has 0 saturated carbocycles. The van der Waals surface area contributed by atoms with Gasteiger partial charge in [0, 0.05) is 5.92 Å².